The average molecular weight is 385 g/mol. The van der Waals surface area contributed by atoms with Crippen LogP contribution in [0.3, 0.4) is 0 Å². The van der Waals surface area contributed by atoms with Gasteiger partial charge in [-0.3, -0.25) is 4.79 Å². The molecule has 0 unspecified atom stereocenters. The van der Waals surface area contributed by atoms with Gasteiger partial charge in [0.1, 0.15) is 4.21 Å². The Bertz CT molecular complexity index is 683. The van der Waals surface area contributed by atoms with Crippen molar-refractivity contribution in [3.05, 3.63) is 17.0 Å². The third-order valence-electron chi connectivity index (χ3n) is 5.34. The Morgan fingerprint density at radius 1 is 1.08 bits per heavy atom. The van der Waals surface area contributed by atoms with Gasteiger partial charge in [-0.2, -0.15) is 4.31 Å². The summed E-state index contributed by atoms with van der Waals surface area (Å²) in [6, 6.07) is 3.83. The topological polar surface area (TPSA) is 66.5 Å². The first kappa shape index (κ1) is 18.9. The van der Waals surface area contributed by atoms with Crippen molar-refractivity contribution >= 4 is 27.3 Å². The lowest BCUT2D eigenvalue weighted by atomic mass is 9.96. The molecule has 2 heterocycles. The molecule has 1 N–H and O–H groups in total. The fraction of sp³-hybridized carbons (Fsp3) is 0.722. The van der Waals surface area contributed by atoms with E-state index < -0.39 is 10.0 Å². The highest BCUT2D eigenvalue weighted by Crippen LogP contribution is 2.28. The Kier molecular flexibility index (Phi) is 6.17. The van der Waals surface area contributed by atoms with Crippen LogP contribution in [-0.2, 0) is 14.8 Å². The van der Waals surface area contributed by atoms with E-state index in [2.05, 4.69) is 5.32 Å². The molecule has 140 valence electrons. The summed E-state index contributed by atoms with van der Waals surface area (Å²) in [5.74, 6) is 0.0655. The van der Waals surface area contributed by atoms with Crippen LogP contribution in [0, 0.1) is 12.8 Å². The molecular weight excluding hydrogens is 356 g/mol. The first-order chi connectivity index (χ1) is 12.0. The molecule has 0 spiro atoms. The molecule has 1 aliphatic heterocycles. The summed E-state index contributed by atoms with van der Waals surface area (Å²) in [5, 5.41) is 3.21. The largest absolute Gasteiger partial charge is 0.353 e. The number of hydrogen-bond acceptors (Lipinski definition) is 4. The summed E-state index contributed by atoms with van der Waals surface area (Å²) in [6.07, 6.45) is 8.32. The Morgan fingerprint density at radius 2 is 1.72 bits per heavy atom. The Labute approximate surface area is 154 Å². The van der Waals surface area contributed by atoms with Crippen molar-refractivity contribution in [3.8, 4) is 0 Å². The van der Waals surface area contributed by atoms with E-state index in [1.165, 1.54) is 41.3 Å². The number of thiophene rings is 1. The van der Waals surface area contributed by atoms with Gasteiger partial charge in [-0.15, -0.1) is 11.3 Å². The zero-order valence-electron chi connectivity index (χ0n) is 14.9. The standard InChI is InChI=1S/C18H28N2O3S2/c1-14-8-9-17(24-14)25(22,23)20-12-10-15(11-13-20)18(21)19-16-6-4-2-3-5-7-16/h8-9,15-16H,2-7,10-13H2,1H3,(H,19,21). The van der Waals surface area contributed by atoms with Gasteiger partial charge in [0.15, 0.2) is 0 Å². The van der Waals surface area contributed by atoms with E-state index in [4.69, 9.17) is 0 Å². The Hall–Kier alpha value is -0.920. The molecule has 3 rings (SSSR count). The highest BCUT2D eigenvalue weighted by Gasteiger charge is 2.33. The van der Waals surface area contributed by atoms with Crippen LogP contribution in [0.5, 0.6) is 0 Å². The molecule has 7 heteroatoms. The van der Waals surface area contributed by atoms with Gasteiger partial charge in [-0.25, -0.2) is 8.42 Å². The van der Waals surface area contributed by atoms with Crippen molar-refractivity contribution in [3.63, 3.8) is 0 Å². The number of nitrogens with zero attached hydrogens (tertiary/aromatic N) is 1. The van der Waals surface area contributed by atoms with E-state index >= 15 is 0 Å². The van der Waals surface area contributed by atoms with Crippen molar-refractivity contribution in [1.29, 1.82) is 0 Å². The van der Waals surface area contributed by atoms with Crippen LogP contribution in [0.1, 0.15) is 56.2 Å². The quantitative estimate of drug-likeness (QED) is 0.810. The molecule has 2 fully saturated rings. The summed E-state index contributed by atoms with van der Waals surface area (Å²) >= 11 is 1.31. The van der Waals surface area contributed by atoms with Gasteiger partial charge in [0, 0.05) is 29.9 Å². The van der Waals surface area contributed by atoms with Crippen molar-refractivity contribution in [2.75, 3.05) is 13.1 Å². The second kappa shape index (κ2) is 8.18. The van der Waals surface area contributed by atoms with Crippen molar-refractivity contribution in [2.24, 2.45) is 5.92 Å². The number of rotatable bonds is 4. The summed E-state index contributed by atoms with van der Waals surface area (Å²) in [5.41, 5.74) is 0. The Morgan fingerprint density at radius 3 is 2.28 bits per heavy atom. The van der Waals surface area contributed by atoms with E-state index in [1.807, 2.05) is 13.0 Å². The minimum Gasteiger partial charge on any atom is -0.353 e. The van der Waals surface area contributed by atoms with Gasteiger partial charge in [0.2, 0.25) is 5.91 Å². The van der Waals surface area contributed by atoms with Gasteiger partial charge in [-0.1, -0.05) is 25.7 Å². The SMILES string of the molecule is Cc1ccc(S(=O)(=O)N2CCC(C(=O)NC3CCCCCC3)CC2)s1. The van der Waals surface area contributed by atoms with Crippen LogP contribution >= 0.6 is 11.3 Å². The molecule has 1 saturated heterocycles. The first-order valence-electron chi connectivity index (χ1n) is 9.34. The predicted octanol–water partition coefficient (Wildman–Crippen LogP) is 3.30. The average Bonchev–Trinajstić information content (AvgIpc) is 2.89. The van der Waals surface area contributed by atoms with Crippen molar-refractivity contribution in [1.82, 2.24) is 9.62 Å². The summed E-state index contributed by atoms with van der Waals surface area (Å²) in [7, 11) is -3.40. The summed E-state index contributed by atoms with van der Waals surface area (Å²) < 4.78 is 27.3. The molecule has 1 amide bonds. The first-order valence-corrected chi connectivity index (χ1v) is 11.6. The number of hydrogen-bond donors (Lipinski definition) is 1. The molecule has 0 bridgehead atoms. The van der Waals surface area contributed by atoms with Crippen LogP contribution in [0.2, 0.25) is 0 Å². The van der Waals surface area contributed by atoms with Crippen molar-refractivity contribution in [2.45, 2.75) is 68.5 Å². The van der Waals surface area contributed by atoms with Gasteiger partial charge < -0.3 is 5.32 Å². The van der Waals surface area contributed by atoms with E-state index in [9.17, 15) is 13.2 Å². The fourth-order valence-electron chi connectivity index (χ4n) is 3.78. The second-order valence-electron chi connectivity index (χ2n) is 7.24. The lowest BCUT2D eigenvalue weighted by molar-refractivity contribution is -0.126. The number of aryl methyl sites for hydroxylation is 1. The molecule has 2 aliphatic rings. The fourth-order valence-corrected chi connectivity index (χ4v) is 6.69. The van der Waals surface area contributed by atoms with Crippen LogP contribution in [0.4, 0.5) is 0 Å². The van der Waals surface area contributed by atoms with Crippen LogP contribution in [0.25, 0.3) is 0 Å². The van der Waals surface area contributed by atoms with Gasteiger partial charge in [0.25, 0.3) is 10.0 Å². The zero-order valence-corrected chi connectivity index (χ0v) is 16.5. The molecule has 1 saturated carbocycles. The van der Waals surface area contributed by atoms with E-state index in [-0.39, 0.29) is 11.8 Å². The van der Waals surface area contributed by atoms with Gasteiger partial charge in [0.05, 0.1) is 0 Å². The van der Waals surface area contributed by atoms with E-state index in [0.29, 0.717) is 36.2 Å². The van der Waals surface area contributed by atoms with E-state index in [0.717, 1.165) is 17.7 Å². The van der Waals surface area contributed by atoms with Gasteiger partial charge in [-0.05, 0) is 44.7 Å². The highest BCUT2D eigenvalue weighted by molar-refractivity contribution is 7.91. The molecule has 1 aromatic rings. The second-order valence-corrected chi connectivity index (χ2v) is 10.7. The lowest BCUT2D eigenvalue weighted by Gasteiger charge is -2.31. The predicted molar refractivity (Wildman–Crippen MR) is 100 cm³/mol. The van der Waals surface area contributed by atoms with E-state index in [1.54, 1.807) is 6.07 Å². The van der Waals surface area contributed by atoms with Crippen LogP contribution < -0.4 is 5.32 Å². The summed E-state index contributed by atoms with van der Waals surface area (Å²) in [6.45, 7) is 2.78. The smallest absolute Gasteiger partial charge is 0.252 e. The molecule has 0 atom stereocenters. The molecule has 0 aromatic carbocycles. The van der Waals surface area contributed by atoms with Gasteiger partial charge >= 0.3 is 0 Å². The lowest BCUT2D eigenvalue weighted by Crippen LogP contribution is -2.45. The number of carbonyl (C=O) groups excluding carboxylic acids is 1. The van der Waals surface area contributed by atoms with Crippen LogP contribution in [0.15, 0.2) is 16.3 Å². The molecular formula is C18H28N2O3S2. The number of sulfonamides is 1. The maximum Gasteiger partial charge on any atom is 0.252 e. The number of piperidine rings is 1. The maximum absolute atomic E-state index is 12.7. The third kappa shape index (κ3) is 4.63. The monoisotopic (exact) mass is 384 g/mol. The number of amides is 1. The molecule has 1 aromatic heterocycles. The Balaban J connectivity index is 1.53. The summed E-state index contributed by atoms with van der Waals surface area (Å²) in [4.78, 5) is 13.5. The highest BCUT2D eigenvalue weighted by atomic mass is 32.2. The number of carbonyl (C=O) groups is 1. The van der Waals surface area contributed by atoms with Crippen molar-refractivity contribution < 1.29 is 13.2 Å². The molecule has 1 aliphatic carbocycles. The third-order valence-corrected chi connectivity index (χ3v) is 8.70. The normalized spacial score (nSPS) is 21.8. The zero-order chi connectivity index (χ0) is 17.9. The molecule has 0 radical (unpaired) electrons. The minimum absolute atomic E-state index is 0.0558. The number of nitrogens with one attached hydrogen (secondary N) is 1. The molecule has 25 heavy (non-hydrogen) atoms. The molecule has 5 nitrogen and oxygen atoms in total. The van der Waals surface area contributed by atoms with Crippen LogP contribution in [-0.4, -0.2) is 37.8 Å². The maximum atomic E-state index is 12.7. The minimum atomic E-state index is -3.40.